The van der Waals surface area contributed by atoms with Crippen LogP contribution >= 0.6 is 0 Å². The van der Waals surface area contributed by atoms with E-state index in [2.05, 4.69) is 5.10 Å². The van der Waals surface area contributed by atoms with Crippen LogP contribution in [-0.4, -0.2) is 23.0 Å². The zero-order valence-electron chi connectivity index (χ0n) is 12.9. The van der Waals surface area contributed by atoms with Crippen LogP contribution in [0.25, 0.3) is 0 Å². The van der Waals surface area contributed by atoms with E-state index in [-0.39, 0.29) is 0 Å². The summed E-state index contributed by atoms with van der Waals surface area (Å²) < 4.78 is 13.3. The second-order valence-electron chi connectivity index (χ2n) is 4.80. The molecule has 0 amide bonds. The fraction of sp³-hybridized carbons (Fsp3) is 0.438. The highest BCUT2D eigenvalue weighted by atomic mass is 16.5. The van der Waals surface area contributed by atoms with E-state index in [4.69, 9.17) is 15.2 Å². The molecule has 1 heterocycles. The van der Waals surface area contributed by atoms with Crippen LogP contribution in [0.4, 0.5) is 0 Å². The van der Waals surface area contributed by atoms with Crippen LogP contribution in [0, 0.1) is 13.8 Å². The summed E-state index contributed by atoms with van der Waals surface area (Å²) in [5.41, 5.74) is 8.95. The maximum absolute atomic E-state index is 5.81. The maximum Gasteiger partial charge on any atom is 0.161 e. The number of aromatic nitrogens is 2. The lowest BCUT2D eigenvalue weighted by Gasteiger charge is -2.12. The summed E-state index contributed by atoms with van der Waals surface area (Å²) in [4.78, 5) is 0. The number of hydrogen-bond donors (Lipinski definition) is 1. The third-order valence-electron chi connectivity index (χ3n) is 3.45. The summed E-state index contributed by atoms with van der Waals surface area (Å²) >= 11 is 0. The Kier molecular flexibility index (Phi) is 5.22. The van der Waals surface area contributed by atoms with Gasteiger partial charge in [-0.2, -0.15) is 5.10 Å². The Hall–Kier alpha value is -2.01. The molecule has 2 N–H and O–H groups in total. The molecule has 0 fully saturated rings. The van der Waals surface area contributed by atoms with E-state index in [1.165, 1.54) is 0 Å². The van der Waals surface area contributed by atoms with Gasteiger partial charge in [0.1, 0.15) is 6.61 Å². The topological polar surface area (TPSA) is 62.3 Å². The summed E-state index contributed by atoms with van der Waals surface area (Å²) in [6, 6.07) is 7.70. The molecule has 1 aromatic carbocycles. The van der Waals surface area contributed by atoms with E-state index in [0.29, 0.717) is 26.3 Å². The lowest BCUT2D eigenvalue weighted by atomic mass is 10.2. The van der Waals surface area contributed by atoms with Crippen LogP contribution in [-0.2, 0) is 13.1 Å². The highest BCUT2D eigenvalue weighted by molar-refractivity contribution is 5.39. The highest BCUT2D eigenvalue weighted by Crippen LogP contribution is 2.26. The molecule has 0 unspecified atom stereocenters. The van der Waals surface area contributed by atoms with Gasteiger partial charge in [-0.05, 0) is 32.9 Å². The number of hydrogen-bond acceptors (Lipinski definition) is 4. The van der Waals surface area contributed by atoms with Crippen molar-refractivity contribution in [1.82, 2.24) is 9.78 Å². The smallest absolute Gasteiger partial charge is 0.161 e. The van der Waals surface area contributed by atoms with Crippen molar-refractivity contribution in [2.45, 2.75) is 33.9 Å². The van der Waals surface area contributed by atoms with Gasteiger partial charge >= 0.3 is 0 Å². The number of para-hydroxylation sites is 2. The zero-order chi connectivity index (χ0) is 15.2. The van der Waals surface area contributed by atoms with Gasteiger partial charge in [-0.1, -0.05) is 12.1 Å². The number of ether oxygens (including phenoxy) is 2. The monoisotopic (exact) mass is 289 g/mol. The van der Waals surface area contributed by atoms with Crippen LogP contribution in [0.1, 0.15) is 23.9 Å². The second-order valence-corrected chi connectivity index (χ2v) is 4.80. The van der Waals surface area contributed by atoms with Gasteiger partial charge in [0.2, 0.25) is 0 Å². The zero-order valence-corrected chi connectivity index (χ0v) is 12.9. The third kappa shape index (κ3) is 3.55. The molecule has 2 aromatic rings. The SMILES string of the molecule is CCOc1ccccc1OCCn1nc(C)c(CN)c1C. The second kappa shape index (κ2) is 7.13. The Morgan fingerprint density at radius 2 is 1.81 bits per heavy atom. The van der Waals surface area contributed by atoms with Crippen molar-refractivity contribution in [3.8, 4) is 11.5 Å². The van der Waals surface area contributed by atoms with Gasteiger partial charge < -0.3 is 15.2 Å². The third-order valence-corrected chi connectivity index (χ3v) is 3.45. The lowest BCUT2D eigenvalue weighted by molar-refractivity contribution is 0.261. The number of benzene rings is 1. The quantitative estimate of drug-likeness (QED) is 0.850. The van der Waals surface area contributed by atoms with Gasteiger partial charge in [-0.15, -0.1) is 0 Å². The minimum atomic E-state index is 0.520. The van der Waals surface area contributed by atoms with E-state index in [0.717, 1.165) is 28.5 Å². The average molecular weight is 289 g/mol. The molecule has 0 aliphatic carbocycles. The van der Waals surface area contributed by atoms with Gasteiger partial charge in [-0.25, -0.2) is 0 Å². The molecular weight excluding hydrogens is 266 g/mol. The predicted octanol–water partition coefficient (Wildman–Crippen LogP) is 2.44. The Labute approximate surface area is 125 Å². The lowest BCUT2D eigenvalue weighted by Crippen LogP contribution is -2.12. The number of nitrogens with two attached hydrogens (primary N) is 1. The number of nitrogens with zero attached hydrogens (tertiary/aromatic N) is 2. The van der Waals surface area contributed by atoms with E-state index >= 15 is 0 Å². The first kappa shape index (κ1) is 15.4. The maximum atomic E-state index is 5.81. The molecule has 0 radical (unpaired) electrons. The standard InChI is InChI=1S/C16H23N3O2/c1-4-20-15-7-5-6-8-16(15)21-10-9-19-13(3)14(11-17)12(2)18-19/h5-8H,4,9-11,17H2,1-3H3. The van der Waals surface area contributed by atoms with Crippen molar-refractivity contribution in [1.29, 1.82) is 0 Å². The van der Waals surface area contributed by atoms with Crippen molar-refractivity contribution in [3.63, 3.8) is 0 Å². The molecule has 114 valence electrons. The Morgan fingerprint density at radius 3 is 2.38 bits per heavy atom. The Morgan fingerprint density at radius 1 is 1.14 bits per heavy atom. The highest BCUT2D eigenvalue weighted by Gasteiger charge is 2.10. The van der Waals surface area contributed by atoms with Gasteiger partial charge in [-0.3, -0.25) is 4.68 Å². The van der Waals surface area contributed by atoms with Crippen molar-refractivity contribution >= 4 is 0 Å². The van der Waals surface area contributed by atoms with Crippen LogP contribution in [0.3, 0.4) is 0 Å². The van der Waals surface area contributed by atoms with E-state index in [1.807, 2.05) is 49.7 Å². The van der Waals surface area contributed by atoms with E-state index in [1.54, 1.807) is 0 Å². The van der Waals surface area contributed by atoms with Crippen LogP contribution in [0.2, 0.25) is 0 Å². The fourth-order valence-corrected chi connectivity index (χ4v) is 2.33. The largest absolute Gasteiger partial charge is 0.490 e. The molecule has 21 heavy (non-hydrogen) atoms. The first-order valence-electron chi connectivity index (χ1n) is 7.25. The molecule has 2 rings (SSSR count). The van der Waals surface area contributed by atoms with Crippen molar-refractivity contribution < 1.29 is 9.47 Å². The Bertz CT molecular complexity index is 593. The van der Waals surface area contributed by atoms with E-state index < -0.39 is 0 Å². The van der Waals surface area contributed by atoms with Crippen molar-refractivity contribution in [2.24, 2.45) is 5.73 Å². The van der Waals surface area contributed by atoms with Gasteiger partial charge in [0, 0.05) is 17.8 Å². The van der Waals surface area contributed by atoms with Gasteiger partial charge in [0.25, 0.3) is 0 Å². The number of aryl methyl sites for hydroxylation is 1. The molecule has 0 atom stereocenters. The first-order valence-corrected chi connectivity index (χ1v) is 7.25. The predicted molar refractivity (Wildman–Crippen MR) is 82.7 cm³/mol. The first-order chi connectivity index (χ1) is 10.2. The molecule has 0 saturated carbocycles. The molecule has 1 aromatic heterocycles. The Balaban J connectivity index is 1.99. The molecular formula is C16H23N3O2. The summed E-state index contributed by atoms with van der Waals surface area (Å²) in [6.45, 7) is 8.35. The molecule has 0 bridgehead atoms. The van der Waals surface area contributed by atoms with Crippen LogP contribution in [0.15, 0.2) is 24.3 Å². The minimum Gasteiger partial charge on any atom is -0.490 e. The van der Waals surface area contributed by atoms with Crippen LogP contribution in [0.5, 0.6) is 11.5 Å². The molecule has 0 aliphatic rings. The summed E-state index contributed by atoms with van der Waals surface area (Å²) in [5, 5.41) is 4.50. The van der Waals surface area contributed by atoms with Crippen molar-refractivity contribution in [3.05, 3.63) is 41.2 Å². The van der Waals surface area contributed by atoms with Gasteiger partial charge in [0.05, 0.1) is 18.8 Å². The molecule has 5 heteroatoms. The van der Waals surface area contributed by atoms with Gasteiger partial charge in [0.15, 0.2) is 11.5 Å². The molecule has 0 spiro atoms. The van der Waals surface area contributed by atoms with Crippen LogP contribution < -0.4 is 15.2 Å². The van der Waals surface area contributed by atoms with E-state index in [9.17, 15) is 0 Å². The number of rotatable bonds is 7. The summed E-state index contributed by atoms with van der Waals surface area (Å²) in [6.07, 6.45) is 0. The van der Waals surface area contributed by atoms with Crippen molar-refractivity contribution in [2.75, 3.05) is 13.2 Å². The fourth-order valence-electron chi connectivity index (χ4n) is 2.33. The molecule has 0 aliphatic heterocycles. The minimum absolute atomic E-state index is 0.520. The summed E-state index contributed by atoms with van der Waals surface area (Å²) in [7, 11) is 0. The molecule has 0 saturated heterocycles. The average Bonchev–Trinajstić information content (AvgIpc) is 2.75. The molecule has 5 nitrogen and oxygen atoms in total. The summed E-state index contributed by atoms with van der Waals surface area (Å²) in [5.74, 6) is 1.54. The normalized spacial score (nSPS) is 10.7.